The van der Waals surface area contributed by atoms with Gasteiger partial charge in [-0.1, -0.05) is 82.6 Å². The lowest BCUT2D eigenvalue weighted by molar-refractivity contribution is -0.143. The third kappa shape index (κ3) is 7.62. The van der Waals surface area contributed by atoms with E-state index in [0.29, 0.717) is 18.7 Å². The van der Waals surface area contributed by atoms with E-state index in [1.807, 2.05) is 70.2 Å². The molecule has 0 spiro atoms. The number of rotatable bonds is 10. The predicted molar refractivity (Wildman–Crippen MR) is 134 cm³/mol. The minimum absolute atomic E-state index is 0.0531. The number of amides is 2. The Hall–Kier alpha value is -2.82. The number of ether oxygens (including phenoxy) is 1. The fourth-order valence-electron chi connectivity index (χ4n) is 3.80. The zero-order valence-corrected chi connectivity index (χ0v) is 21.3. The molecule has 2 aromatic carbocycles. The van der Waals surface area contributed by atoms with Gasteiger partial charge in [0.05, 0.1) is 0 Å². The van der Waals surface area contributed by atoms with Crippen LogP contribution in [0, 0.1) is 6.92 Å². The monoisotopic (exact) mass is 452 g/mol. The van der Waals surface area contributed by atoms with E-state index in [1.165, 1.54) is 0 Å². The van der Waals surface area contributed by atoms with Crippen LogP contribution >= 0.6 is 0 Å². The van der Waals surface area contributed by atoms with Gasteiger partial charge < -0.3 is 15.0 Å². The lowest BCUT2D eigenvalue weighted by Gasteiger charge is -2.32. The van der Waals surface area contributed by atoms with Crippen molar-refractivity contribution in [3.63, 3.8) is 0 Å². The second-order valence-electron chi connectivity index (χ2n) is 9.79. The van der Waals surface area contributed by atoms with Crippen molar-refractivity contribution in [1.29, 1.82) is 0 Å². The maximum atomic E-state index is 13.4. The maximum Gasteiger partial charge on any atom is 0.261 e. The van der Waals surface area contributed by atoms with Gasteiger partial charge in [-0.2, -0.15) is 0 Å². The maximum absolute atomic E-state index is 13.4. The fraction of sp³-hybridized carbons (Fsp3) is 0.500. The molecule has 2 aromatic rings. The van der Waals surface area contributed by atoms with E-state index in [4.69, 9.17) is 4.74 Å². The highest BCUT2D eigenvalue weighted by Crippen LogP contribution is 2.31. The zero-order chi connectivity index (χ0) is 24.6. The molecule has 0 aliphatic rings. The van der Waals surface area contributed by atoms with E-state index >= 15 is 0 Å². The summed E-state index contributed by atoms with van der Waals surface area (Å²) in [5.74, 6) is 0.375. The summed E-state index contributed by atoms with van der Waals surface area (Å²) < 4.78 is 6.02. The van der Waals surface area contributed by atoms with Crippen LogP contribution in [0.2, 0.25) is 0 Å². The number of hydrogen-bond donors (Lipinski definition) is 1. The molecule has 2 amide bonds. The Morgan fingerprint density at radius 3 is 2.33 bits per heavy atom. The van der Waals surface area contributed by atoms with Crippen LogP contribution in [0.25, 0.3) is 0 Å². The van der Waals surface area contributed by atoms with Gasteiger partial charge in [-0.3, -0.25) is 9.59 Å². The van der Waals surface area contributed by atoms with Gasteiger partial charge in [-0.05, 0) is 49.3 Å². The van der Waals surface area contributed by atoms with Crippen LogP contribution in [0.5, 0.6) is 5.75 Å². The van der Waals surface area contributed by atoms with Crippen molar-refractivity contribution in [3.8, 4) is 5.75 Å². The normalized spacial score (nSPS) is 13.2. The first-order valence-corrected chi connectivity index (χ1v) is 11.9. The summed E-state index contributed by atoms with van der Waals surface area (Å²) in [6.07, 6.45) is 1.36. The van der Waals surface area contributed by atoms with Crippen molar-refractivity contribution >= 4 is 11.8 Å². The number of carbonyl (C=O) groups is 2. The Balaban J connectivity index is 2.28. The van der Waals surface area contributed by atoms with Gasteiger partial charge in [-0.25, -0.2) is 0 Å². The Kier molecular flexibility index (Phi) is 9.51. The van der Waals surface area contributed by atoms with Crippen molar-refractivity contribution in [1.82, 2.24) is 10.2 Å². The molecule has 0 unspecified atom stereocenters. The van der Waals surface area contributed by atoms with Gasteiger partial charge in [0.25, 0.3) is 5.91 Å². The molecule has 0 saturated heterocycles. The number of nitrogens with one attached hydrogen (secondary N) is 1. The van der Waals surface area contributed by atoms with Crippen LogP contribution in [0.1, 0.15) is 71.1 Å². The molecule has 0 saturated carbocycles. The molecule has 0 aliphatic carbocycles. The number of nitrogens with zero attached hydrogens (tertiary/aromatic N) is 1. The molecule has 0 bridgehead atoms. The first-order valence-electron chi connectivity index (χ1n) is 11.9. The molecule has 0 radical (unpaired) electrons. The molecule has 33 heavy (non-hydrogen) atoms. The lowest BCUT2D eigenvalue weighted by Crippen LogP contribution is -2.51. The predicted octanol–water partition coefficient (Wildman–Crippen LogP) is 5.39. The van der Waals surface area contributed by atoms with Crippen LogP contribution < -0.4 is 10.1 Å². The second kappa shape index (κ2) is 11.9. The van der Waals surface area contributed by atoms with Crippen molar-refractivity contribution in [2.75, 3.05) is 6.61 Å². The van der Waals surface area contributed by atoms with Crippen molar-refractivity contribution in [2.24, 2.45) is 0 Å². The van der Waals surface area contributed by atoms with E-state index in [2.05, 4.69) is 32.2 Å². The molecule has 0 aliphatic heterocycles. The average molecular weight is 453 g/mol. The molecule has 5 nitrogen and oxygen atoms in total. The van der Waals surface area contributed by atoms with Crippen LogP contribution in [0.15, 0.2) is 48.5 Å². The Bertz CT molecular complexity index is 933. The number of para-hydroxylation sites is 1. The van der Waals surface area contributed by atoms with Crippen LogP contribution in [-0.4, -0.2) is 35.4 Å². The van der Waals surface area contributed by atoms with Crippen molar-refractivity contribution in [3.05, 3.63) is 65.2 Å². The Morgan fingerprint density at radius 1 is 1.03 bits per heavy atom. The molecule has 0 aromatic heterocycles. The standard InChI is InChI=1S/C28H40N2O3/c1-8-21(4)29-27(32)24(9-2)30(18-22-14-12-13-20(3)17-22)26(31)19-33-25-16-11-10-15-23(25)28(5,6)7/h10-17,21,24H,8-9,18-19H2,1-7H3,(H,29,32)/t21-,24-/m0/s1. The van der Waals surface area contributed by atoms with Crippen LogP contribution in [-0.2, 0) is 21.5 Å². The molecule has 2 rings (SSSR count). The molecular formula is C28H40N2O3. The largest absolute Gasteiger partial charge is 0.483 e. The zero-order valence-electron chi connectivity index (χ0n) is 21.3. The van der Waals surface area contributed by atoms with Crippen molar-refractivity contribution < 1.29 is 14.3 Å². The van der Waals surface area contributed by atoms with Gasteiger partial charge in [-0.15, -0.1) is 0 Å². The van der Waals surface area contributed by atoms with Gasteiger partial charge >= 0.3 is 0 Å². The fourth-order valence-corrected chi connectivity index (χ4v) is 3.80. The van der Waals surface area contributed by atoms with Crippen molar-refractivity contribution in [2.45, 2.75) is 85.4 Å². The van der Waals surface area contributed by atoms with E-state index in [0.717, 1.165) is 23.1 Å². The minimum Gasteiger partial charge on any atom is -0.483 e. The smallest absolute Gasteiger partial charge is 0.261 e. The van der Waals surface area contributed by atoms with Crippen LogP contribution in [0.3, 0.4) is 0 Å². The molecule has 5 heteroatoms. The summed E-state index contributed by atoms with van der Waals surface area (Å²) in [5, 5.41) is 3.04. The molecule has 1 N–H and O–H groups in total. The SMILES string of the molecule is CC[C@H](C)NC(=O)[C@H](CC)N(Cc1cccc(C)c1)C(=O)COc1ccccc1C(C)(C)C. The summed E-state index contributed by atoms with van der Waals surface area (Å²) in [5.41, 5.74) is 3.05. The Labute approximate surface area is 199 Å². The number of aryl methyl sites for hydroxylation is 1. The number of benzene rings is 2. The Morgan fingerprint density at radius 2 is 1.73 bits per heavy atom. The quantitative estimate of drug-likeness (QED) is 0.526. The number of hydrogen-bond acceptors (Lipinski definition) is 3. The molecule has 0 heterocycles. The average Bonchev–Trinajstić information content (AvgIpc) is 2.76. The first-order chi connectivity index (χ1) is 15.6. The summed E-state index contributed by atoms with van der Waals surface area (Å²) in [6.45, 7) is 14.6. The van der Waals surface area contributed by atoms with Crippen LogP contribution in [0.4, 0.5) is 0 Å². The highest BCUT2D eigenvalue weighted by atomic mass is 16.5. The summed E-state index contributed by atoms with van der Waals surface area (Å²) in [6, 6.07) is 15.3. The summed E-state index contributed by atoms with van der Waals surface area (Å²) >= 11 is 0. The number of carbonyl (C=O) groups excluding carboxylic acids is 2. The molecule has 0 fully saturated rings. The van der Waals surface area contributed by atoms with Gasteiger partial charge in [0, 0.05) is 12.6 Å². The van der Waals surface area contributed by atoms with E-state index in [9.17, 15) is 9.59 Å². The van der Waals surface area contributed by atoms with Gasteiger partial charge in [0.1, 0.15) is 11.8 Å². The van der Waals surface area contributed by atoms with E-state index in [-0.39, 0.29) is 29.9 Å². The summed E-state index contributed by atoms with van der Waals surface area (Å²) in [7, 11) is 0. The third-order valence-corrected chi connectivity index (χ3v) is 5.87. The van der Waals surface area contributed by atoms with E-state index in [1.54, 1.807) is 4.90 Å². The summed E-state index contributed by atoms with van der Waals surface area (Å²) in [4.78, 5) is 28.2. The molecule has 2 atom stereocenters. The highest BCUT2D eigenvalue weighted by Gasteiger charge is 2.30. The third-order valence-electron chi connectivity index (χ3n) is 5.87. The van der Waals surface area contributed by atoms with Gasteiger partial charge in [0.2, 0.25) is 5.91 Å². The first kappa shape index (κ1) is 26.4. The lowest BCUT2D eigenvalue weighted by atomic mass is 9.86. The highest BCUT2D eigenvalue weighted by molar-refractivity contribution is 5.88. The second-order valence-corrected chi connectivity index (χ2v) is 9.79. The minimum atomic E-state index is -0.562. The molecule has 180 valence electrons. The van der Waals surface area contributed by atoms with Gasteiger partial charge in [0.15, 0.2) is 6.61 Å². The van der Waals surface area contributed by atoms with E-state index < -0.39 is 6.04 Å². The topological polar surface area (TPSA) is 58.6 Å². The molecular weight excluding hydrogens is 412 g/mol.